The molecule has 0 fully saturated rings. The summed E-state index contributed by atoms with van der Waals surface area (Å²) in [5.74, 6) is 0. The second kappa shape index (κ2) is 10.4. The third-order valence-corrected chi connectivity index (χ3v) is 3.18. The summed E-state index contributed by atoms with van der Waals surface area (Å²) in [5.41, 5.74) is 5.47. The number of aryl methyl sites for hydroxylation is 4. The Bertz CT molecular complexity index is 663. The summed E-state index contributed by atoms with van der Waals surface area (Å²) in [4.78, 5) is 6.97. The SMILES string of the molecule is CC#[N+]C.CC#[N+]C.Cc1cc(C)c2c(C)cc(C)cc2c1. The van der Waals surface area contributed by atoms with Crippen LogP contribution < -0.4 is 0 Å². The van der Waals surface area contributed by atoms with E-state index in [-0.39, 0.29) is 0 Å². The van der Waals surface area contributed by atoms with Crippen LogP contribution in [0.4, 0.5) is 0 Å². The van der Waals surface area contributed by atoms with Crippen molar-refractivity contribution in [2.45, 2.75) is 41.5 Å². The van der Waals surface area contributed by atoms with Crippen molar-refractivity contribution in [3.8, 4) is 12.1 Å². The minimum absolute atomic E-state index is 1.35. The third kappa shape index (κ3) is 6.42. The van der Waals surface area contributed by atoms with Gasteiger partial charge in [0.1, 0.15) is 0 Å². The second-order valence-corrected chi connectivity index (χ2v) is 5.16. The highest BCUT2D eigenvalue weighted by Crippen LogP contribution is 2.25. The predicted molar refractivity (Wildman–Crippen MR) is 101 cm³/mol. The molecule has 2 rings (SSSR count). The molecule has 0 aromatic heterocycles. The van der Waals surface area contributed by atoms with Crippen LogP contribution >= 0.6 is 0 Å². The van der Waals surface area contributed by atoms with Crippen molar-refractivity contribution in [1.82, 2.24) is 0 Å². The second-order valence-electron chi connectivity index (χ2n) is 5.16. The van der Waals surface area contributed by atoms with E-state index in [0.29, 0.717) is 0 Å². The molecule has 0 amide bonds. The summed E-state index contributed by atoms with van der Waals surface area (Å²) in [5, 5.41) is 2.79. The largest absolute Gasteiger partial charge is 0.269 e. The molecule has 2 heteroatoms. The quantitative estimate of drug-likeness (QED) is 0.562. The van der Waals surface area contributed by atoms with Gasteiger partial charge in [-0.1, -0.05) is 45.1 Å². The van der Waals surface area contributed by atoms with Crippen LogP contribution in [0.5, 0.6) is 0 Å². The molecule has 2 aromatic carbocycles. The van der Waals surface area contributed by atoms with E-state index in [1.165, 1.54) is 33.0 Å². The Morgan fingerprint density at radius 1 is 0.682 bits per heavy atom. The predicted octanol–water partition coefficient (Wildman–Crippen LogP) is 6.01. The highest BCUT2D eigenvalue weighted by Gasteiger charge is 2.02. The summed E-state index contributed by atoms with van der Waals surface area (Å²) < 4.78 is 0. The van der Waals surface area contributed by atoms with Gasteiger partial charge in [0, 0.05) is 0 Å². The zero-order valence-corrected chi connectivity index (χ0v) is 15.2. The summed E-state index contributed by atoms with van der Waals surface area (Å²) in [6.07, 6.45) is 0. The normalized spacial score (nSPS) is 8.18. The van der Waals surface area contributed by atoms with Crippen molar-refractivity contribution in [1.29, 1.82) is 0 Å². The van der Waals surface area contributed by atoms with Crippen LogP contribution in [0.1, 0.15) is 36.1 Å². The zero-order chi connectivity index (χ0) is 17.1. The summed E-state index contributed by atoms with van der Waals surface area (Å²) in [6, 6.07) is 14.2. The molecule has 2 nitrogen and oxygen atoms in total. The topological polar surface area (TPSA) is 8.72 Å². The fourth-order valence-corrected chi connectivity index (χ4v) is 2.35. The van der Waals surface area contributed by atoms with E-state index in [2.05, 4.69) is 73.8 Å². The van der Waals surface area contributed by atoms with Crippen molar-refractivity contribution in [3.63, 3.8) is 0 Å². The lowest BCUT2D eigenvalue weighted by molar-refractivity contribution is 1.37. The Labute approximate surface area is 135 Å². The number of rotatable bonds is 0. The van der Waals surface area contributed by atoms with E-state index < -0.39 is 0 Å². The first-order chi connectivity index (χ1) is 10.4. The molecule has 22 heavy (non-hydrogen) atoms. The van der Waals surface area contributed by atoms with E-state index in [0.717, 1.165) is 0 Å². The van der Waals surface area contributed by atoms with Crippen LogP contribution in [-0.2, 0) is 0 Å². The molecule has 0 N–H and O–H groups in total. The molecular weight excluding hydrogens is 268 g/mol. The Morgan fingerprint density at radius 3 is 1.27 bits per heavy atom. The monoisotopic (exact) mass is 296 g/mol. The molecule has 2 aromatic rings. The van der Waals surface area contributed by atoms with E-state index in [1.54, 1.807) is 27.9 Å². The lowest BCUT2D eigenvalue weighted by atomic mass is 9.96. The van der Waals surface area contributed by atoms with Gasteiger partial charge in [0.15, 0.2) is 0 Å². The third-order valence-electron chi connectivity index (χ3n) is 3.18. The number of hydrogen-bond donors (Lipinski definition) is 0. The standard InChI is InChI=1S/C14H16.2C3H6N/c1-9-5-11(3)14-12(4)6-10(2)8-13(14)7-9;2*1-3-4-2/h5-8H,1-4H3;2*1-2H3/q;2*+1. The van der Waals surface area contributed by atoms with Crippen LogP contribution in [0.2, 0.25) is 0 Å². The number of fused-ring (bicyclic) bond motifs is 1. The smallest absolute Gasteiger partial charge is 0.0873 e. The number of hydrogen-bond acceptors (Lipinski definition) is 0. The lowest BCUT2D eigenvalue weighted by Crippen LogP contribution is -1.86. The van der Waals surface area contributed by atoms with Gasteiger partial charge in [-0.3, -0.25) is 0 Å². The van der Waals surface area contributed by atoms with Crippen molar-refractivity contribution in [2.75, 3.05) is 14.1 Å². The minimum Gasteiger partial charge on any atom is -0.0873 e. The van der Waals surface area contributed by atoms with E-state index in [4.69, 9.17) is 0 Å². The van der Waals surface area contributed by atoms with Crippen LogP contribution in [0.25, 0.3) is 20.5 Å². The molecule has 0 spiro atoms. The lowest BCUT2D eigenvalue weighted by Gasteiger charge is -2.08. The maximum atomic E-state index is 3.49. The molecule has 0 radical (unpaired) electrons. The summed E-state index contributed by atoms with van der Waals surface area (Å²) in [6.45, 7) is 12.2. The van der Waals surface area contributed by atoms with Gasteiger partial charge >= 0.3 is 0 Å². The fourth-order valence-electron chi connectivity index (χ4n) is 2.35. The Kier molecular flexibility index (Phi) is 9.31. The molecule has 0 atom stereocenters. The van der Waals surface area contributed by atoms with E-state index >= 15 is 0 Å². The van der Waals surface area contributed by atoms with Crippen molar-refractivity contribution >= 4 is 10.8 Å². The van der Waals surface area contributed by atoms with Crippen LogP contribution in [-0.4, -0.2) is 14.1 Å². The molecule has 0 saturated heterocycles. The van der Waals surface area contributed by atoms with Gasteiger partial charge in [-0.25, -0.2) is 0 Å². The molecule has 0 bridgehead atoms. The van der Waals surface area contributed by atoms with Crippen LogP contribution in [0, 0.1) is 39.8 Å². The minimum atomic E-state index is 1.35. The first-order valence-corrected chi connectivity index (χ1v) is 7.40. The van der Waals surface area contributed by atoms with Crippen LogP contribution in [0.15, 0.2) is 24.3 Å². The van der Waals surface area contributed by atoms with Crippen LogP contribution in [0.3, 0.4) is 0 Å². The van der Waals surface area contributed by atoms with Gasteiger partial charge in [0.2, 0.25) is 0 Å². The van der Waals surface area contributed by atoms with Crippen molar-refractivity contribution < 1.29 is 0 Å². The highest BCUT2D eigenvalue weighted by molar-refractivity contribution is 5.89. The molecule has 0 aliphatic heterocycles. The number of benzene rings is 2. The highest BCUT2D eigenvalue weighted by atomic mass is 14.6. The van der Waals surface area contributed by atoms with Crippen molar-refractivity contribution in [3.05, 3.63) is 56.2 Å². The average molecular weight is 296 g/mol. The molecule has 0 aliphatic rings. The van der Waals surface area contributed by atoms with Crippen molar-refractivity contribution in [2.24, 2.45) is 0 Å². The molecule has 0 heterocycles. The summed E-state index contributed by atoms with van der Waals surface area (Å²) >= 11 is 0. The maximum Gasteiger partial charge on any atom is 0.269 e. The molecule has 0 unspecified atom stereocenters. The Balaban J connectivity index is 0.000000464. The zero-order valence-electron chi connectivity index (χ0n) is 15.2. The molecule has 116 valence electrons. The maximum absolute atomic E-state index is 3.49. The first-order valence-electron chi connectivity index (χ1n) is 7.40. The molecule has 0 aliphatic carbocycles. The van der Waals surface area contributed by atoms with Gasteiger partial charge in [-0.05, 0) is 49.6 Å². The first kappa shape index (κ1) is 19.7. The van der Waals surface area contributed by atoms with E-state index in [9.17, 15) is 0 Å². The van der Waals surface area contributed by atoms with Gasteiger partial charge in [0.05, 0.1) is 13.8 Å². The average Bonchev–Trinajstić information content (AvgIpc) is 2.46. The molecule has 0 saturated carbocycles. The van der Waals surface area contributed by atoms with Gasteiger partial charge in [-0.2, -0.15) is 0 Å². The Morgan fingerprint density at radius 2 is 1.00 bits per heavy atom. The van der Waals surface area contributed by atoms with Gasteiger partial charge < -0.3 is 0 Å². The van der Waals surface area contributed by atoms with Gasteiger partial charge in [-0.15, -0.1) is 0 Å². The number of nitrogens with zero attached hydrogens (tertiary/aromatic N) is 2. The molecular formula is C20H28N2+2. The van der Waals surface area contributed by atoms with Gasteiger partial charge in [0.25, 0.3) is 26.2 Å². The Hall–Kier alpha value is -2.32. The van der Waals surface area contributed by atoms with E-state index in [1.807, 2.05) is 0 Å². The fraction of sp³-hybridized carbons (Fsp3) is 0.400. The summed E-state index contributed by atoms with van der Waals surface area (Å²) in [7, 11) is 3.39.